The predicted molar refractivity (Wildman–Crippen MR) is 81.3 cm³/mol. The lowest BCUT2D eigenvalue weighted by atomic mass is 10.2. The zero-order chi connectivity index (χ0) is 13.7. The highest BCUT2D eigenvalue weighted by atomic mass is 127. The van der Waals surface area contributed by atoms with Crippen molar-refractivity contribution in [3.63, 3.8) is 0 Å². The number of carbonyl (C=O) groups excluding carboxylic acids is 1. The molecule has 0 saturated heterocycles. The number of esters is 1. The second kappa shape index (κ2) is 6.56. The molecule has 2 aromatic carbocycles. The smallest absolute Gasteiger partial charge is 0.339 e. The van der Waals surface area contributed by atoms with Crippen molar-refractivity contribution in [1.82, 2.24) is 0 Å². The van der Waals surface area contributed by atoms with Crippen molar-refractivity contribution < 1.29 is 14.3 Å². The first-order valence-electron chi connectivity index (χ1n) is 5.75. The molecule has 0 unspecified atom stereocenters. The van der Waals surface area contributed by atoms with Crippen LogP contribution in [-0.4, -0.2) is 13.1 Å². The van der Waals surface area contributed by atoms with Gasteiger partial charge in [-0.25, -0.2) is 4.79 Å². The Morgan fingerprint density at radius 2 is 1.89 bits per heavy atom. The van der Waals surface area contributed by atoms with Crippen LogP contribution in [0.4, 0.5) is 0 Å². The highest BCUT2D eigenvalue weighted by molar-refractivity contribution is 14.1. The molecule has 0 N–H and O–H groups in total. The van der Waals surface area contributed by atoms with E-state index in [1.54, 1.807) is 13.2 Å². The Bertz CT molecular complexity index is 567. The van der Waals surface area contributed by atoms with Crippen LogP contribution in [0.2, 0.25) is 0 Å². The third-order valence-corrected chi connectivity index (χ3v) is 3.55. The Morgan fingerprint density at radius 1 is 1.16 bits per heavy atom. The predicted octanol–water partition coefficient (Wildman–Crippen LogP) is 3.66. The largest absolute Gasteiger partial charge is 0.497 e. The van der Waals surface area contributed by atoms with Crippen LogP contribution >= 0.6 is 22.6 Å². The van der Waals surface area contributed by atoms with E-state index >= 15 is 0 Å². The van der Waals surface area contributed by atoms with Crippen molar-refractivity contribution in [2.24, 2.45) is 0 Å². The average Bonchev–Trinajstić information content (AvgIpc) is 2.46. The molecule has 0 aliphatic rings. The van der Waals surface area contributed by atoms with Gasteiger partial charge in [-0.15, -0.1) is 0 Å². The number of ether oxygens (including phenoxy) is 2. The third-order valence-electron chi connectivity index (χ3n) is 2.61. The van der Waals surface area contributed by atoms with Gasteiger partial charge in [-0.05, 0) is 46.4 Å². The summed E-state index contributed by atoms with van der Waals surface area (Å²) in [6.07, 6.45) is 0. The van der Waals surface area contributed by atoms with Crippen molar-refractivity contribution in [1.29, 1.82) is 0 Å². The van der Waals surface area contributed by atoms with Crippen LogP contribution in [0.15, 0.2) is 48.5 Å². The van der Waals surface area contributed by atoms with Crippen LogP contribution in [0.3, 0.4) is 0 Å². The van der Waals surface area contributed by atoms with Crippen molar-refractivity contribution in [3.8, 4) is 5.75 Å². The standard InChI is InChI=1S/C15H13IO3/c1-18-12-7-8-14(16)13(9-12)15(17)19-10-11-5-3-2-4-6-11/h2-9H,10H2,1H3. The minimum atomic E-state index is -0.341. The SMILES string of the molecule is COc1ccc(I)c(C(=O)OCc2ccccc2)c1. The molecule has 3 nitrogen and oxygen atoms in total. The van der Waals surface area contributed by atoms with Crippen molar-refractivity contribution >= 4 is 28.6 Å². The summed E-state index contributed by atoms with van der Waals surface area (Å²) < 4.78 is 11.3. The summed E-state index contributed by atoms with van der Waals surface area (Å²) in [4.78, 5) is 12.0. The Balaban J connectivity index is 2.08. The summed E-state index contributed by atoms with van der Waals surface area (Å²) in [5.74, 6) is 0.305. The van der Waals surface area contributed by atoms with Gasteiger partial charge in [-0.1, -0.05) is 30.3 Å². The second-order valence-corrected chi connectivity index (χ2v) is 5.07. The molecule has 0 heterocycles. The van der Waals surface area contributed by atoms with Crippen LogP contribution in [0.25, 0.3) is 0 Å². The van der Waals surface area contributed by atoms with E-state index in [1.165, 1.54) is 0 Å². The summed E-state index contributed by atoms with van der Waals surface area (Å²) in [6.45, 7) is 0.271. The quantitative estimate of drug-likeness (QED) is 0.611. The molecule has 2 aromatic rings. The molecule has 2 rings (SSSR count). The van der Waals surface area contributed by atoms with Gasteiger partial charge in [0.05, 0.1) is 12.7 Å². The molecule has 0 aliphatic heterocycles. The molecule has 0 spiro atoms. The van der Waals surface area contributed by atoms with Gasteiger partial charge in [0.1, 0.15) is 12.4 Å². The maximum Gasteiger partial charge on any atom is 0.339 e. The Labute approximate surface area is 125 Å². The molecule has 0 amide bonds. The van der Waals surface area contributed by atoms with Crippen LogP contribution in [-0.2, 0) is 11.3 Å². The first-order chi connectivity index (χ1) is 9.20. The van der Waals surface area contributed by atoms with E-state index < -0.39 is 0 Å². The number of rotatable bonds is 4. The van der Waals surface area contributed by atoms with Crippen LogP contribution in [0.5, 0.6) is 5.75 Å². The van der Waals surface area contributed by atoms with Gasteiger partial charge in [-0.2, -0.15) is 0 Å². The van der Waals surface area contributed by atoms with E-state index in [1.807, 2.05) is 42.5 Å². The van der Waals surface area contributed by atoms with Crippen LogP contribution < -0.4 is 4.74 Å². The minimum Gasteiger partial charge on any atom is -0.497 e. The first-order valence-corrected chi connectivity index (χ1v) is 6.83. The van der Waals surface area contributed by atoms with Gasteiger partial charge in [0, 0.05) is 3.57 Å². The monoisotopic (exact) mass is 368 g/mol. The molecule has 19 heavy (non-hydrogen) atoms. The lowest BCUT2D eigenvalue weighted by Crippen LogP contribution is -2.07. The van der Waals surface area contributed by atoms with E-state index in [-0.39, 0.29) is 12.6 Å². The van der Waals surface area contributed by atoms with Gasteiger partial charge in [0.25, 0.3) is 0 Å². The fourth-order valence-electron chi connectivity index (χ4n) is 1.59. The highest BCUT2D eigenvalue weighted by Gasteiger charge is 2.12. The summed E-state index contributed by atoms with van der Waals surface area (Å²) in [5, 5.41) is 0. The summed E-state index contributed by atoms with van der Waals surface area (Å²) in [5.41, 5.74) is 1.49. The number of hydrogen-bond donors (Lipinski definition) is 0. The van der Waals surface area contributed by atoms with E-state index in [9.17, 15) is 4.79 Å². The average molecular weight is 368 g/mol. The molecular weight excluding hydrogens is 355 g/mol. The van der Waals surface area contributed by atoms with E-state index in [0.29, 0.717) is 11.3 Å². The third kappa shape index (κ3) is 3.70. The fraction of sp³-hybridized carbons (Fsp3) is 0.133. The zero-order valence-electron chi connectivity index (χ0n) is 10.4. The van der Waals surface area contributed by atoms with Crippen molar-refractivity contribution in [2.45, 2.75) is 6.61 Å². The molecular formula is C15H13IO3. The number of carbonyl (C=O) groups is 1. The summed E-state index contributed by atoms with van der Waals surface area (Å²) in [7, 11) is 1.57. The molecule has 0 aliphatic carbocycles. The Kier molecular flexibility index (Phi) is 4.79. The second-order valence-electron chi connectivity index (χ2n) is 3.91. The zero-order valence-corrected chi connectivity index (χ0v) is 12.6. The first kappa shape index (κ1) is 13.9. The lowest BCUT2D eigenvalue weighted by molar-refractivity contribution is 0.0471. The molecule has 0 bridgehead atoms. The van der Waals surface area contributed by atoms with E-state index in [4.69, 9.17) is 9.47 Å². The number of methoxy groups -OCH3 is 1. The van der Waals surface area contributed by atoms with Gasteiger partial charge < -0.3 is 9.47 Å². The molecule has 0 aromatic heterocycles. The number of benzene rings is 2. The molecule has 98 valence electrons. The molecule has 0 fully saturated rings. The lowest BCUT2D eigenvalue weighted by Gasteiger charge is -2.08. The maximum absolute atomic E-state index is 12.0. The van der Waals surface area contributed by atoms with Crippen LogP contribution in [0, 0.1) is 3.57 Å². The van der Waals surface area contributed by atoms with Gasteiger partial charge in [0.2, 0.25) is 0 Å². The topological polar surface area (TPSA) is 35.5 Å². The fourth-order valence-corrected chi connectivity index (χ4v) is 2.14. The Morgan fingerprint density at radius 3 is 2.58 bits per heavy atom. The van der Waals surface area contributed by atoms with E-state index in [0.717, 1.165) is 9.13 Å². The number of halogens is 1. The van der Waals surface area contributed by atoms with Gasteiger partial charge in [0.15, 0.2) is 0 Å². The summed E-state index contributed by atoms with van der Waals surface area (Å²) in [6, 6.07) is 14.9. The van der Waals surface area contributed by atoms with Crippen LogP contribution in [0.1, 0.15) is 15.9 Å². The van der Waals surface area contributed by atoms with E-state index in [2.05, 4.69) is 22.6 Å². The highest BCUT2D eigenvalue weighted by Crippen LogP contribution is 2.20. The maximum atomic E-state index is 12.0. The summed E-state index contributed by atoms with van der Waals surface area (Å²) >= 11 is 2.11. The normalized spacial score (nSPS) is 10.0. The van der Waals surface area contributed by atoms with Crippen molar-refractivity contribution in [3.05, 3.63) is 63.2 Å². The minimum absolute atomic E-state index is 0.271. The van der Waals surface area contributed by atoms with Crippen molar-refractivity contribution in [2.75, 3.05) is 7.11 Å². The molecule has 4 heteroatoms. The molecule has 0 radical (unpaired) electrons. The number of hydrogen-bond acceptors (Lipinski definition) is 3. The van der Waals surface area contributed by atoms with Gasteiger partial charge in [-0.3, -0.25) is 0 Å². The molecule has 0 saturated carbocycles. The van der Waals surface area contributed by atoms with Gasteiger partial charge >= 0.3 is 5.97 Å². The Hall–Kier alpha value is -1.56. The molecule has 0 atom stereocenters.